The zero-order valence-corrected chi connectivity index (χ0v) is 20.7. The molecule has 1 atom stereocenters. The molecule has 3 rings (SSSR count). The van der Waals surface area contributed by atoms with Crippen LogP contribution in [0.1, 0.15) is 59.4 Å². The zero-order chi connectivity index (χ0) is 24.5. The Labute approximate surface area is 194 Å². The summed E-state index contributed by atoms with van der Waals surface area (Å²) in [4.78, 5) is 0. The van der Waals surface area contributed by atoms with Crippen molar-refractivity contribution < 1.29 is 23.0 Å². The maximum Gasteiger partial charge on any atom is 0.184 e. The summed E-state index contributed by atoms with van der Waals surface area (Å²) >= 11 is 1.33. The summed E-state index contributed by atoms with van der Waals surface area (Å²) in [6, 6.07) is 5.39. The number of aliphatic hydroxyl groups is 1. The highest BCUT2D eigenvalue weighted by Gasteiger charge is 2.45. The Balaban J connectivity index is 0.00000121. The second-order valence-electron chi connectivity index (χ2n) is 7.17. The number of halogens is 3. The van der Waals surface area contributed by atoms with Gasteiger partial charge < -0.3 is 19.9 Å². The van der Waals surface area contributed by atoms with Crippen molar-refractivity contribution in [1.82, 2.24) is 0 Å². The molecule has 0 bridgehead atoms. The number of anilines is 3. The largest absolute Gasteiger partial charge is 0.494 e. The van der Waals surface area contributed by atoms with E-state index in [2.05, 4.69) is 10.0 Å². The molecule has 1 fully saturated rings. The van der Waals surface area contributed by atoms with Crippen LogP contribution in [0.2, 0.25) is 0 Å². The van der Waals surface area contributed by atoms with Gasteiger partial charge in [0.1, 0.15) is 22.9 Å². The number of methoxy groups -OCH3 is 1. The molecule has 1 aliphatic carbocycles. The van der Waals surface area contributed by atoms with Crippen molar-refractivity contribution in [2.24, 2.45) is 0 Å². The Hall–Kier alpha value is -2.06. The molecule has 0 radical (unpaired) electrons. The van der Waals surface area contributed by atoms with E-state index in [4.69, 9.17) is 4.74 Å². The molecule has 4 nitrogen and oxygen atoms in total. The Morgan fingerprint density at radius 3 is 2.19 bits per heavy atom. The maximum absolute atomic E-state index is 14.6. The van der Waals surface area contributed by atoms with Gasteiger partial charge in [-0.3, -0.25) is 0 Å². The molecule has 0 heterocycles. The van der Waals surface area contributed by atoms with Gasteiger partial charge in [0.2, 0.25) is 0 Å². The minimum absolute atomic E-state index is 0.0234. The van der Waals surface area contributed by atoms with Crippen LogP contribution in [0.25, 0.3) is 0 Å². The second kappa shape index (κ2) is 12.8. The monoisotopic (exact) mass is 472 g/mol. The van der Waals surface area contributed by atoms with Crippen molar-refractivity contribution in [3.05, 3.63) is 47.3 Å². The first kappa shape index (κ1) is 28.0. The van der Waals surface area contributed by atoms with Crippen LogP contribution in [-0.2, 0) is 0 Å². The van der Waals surface area contributed by atoms with Crippen LogP contribution >= 0.6 is 11.9 Å². The Morgan fingerprint density at radius 1 is 1.06 bits per heavy atom. The van der Waals surface area contributed by atoms with Gasteiger partial charge in [0.15, 0.2) is 11.6 Å². The maximum atomic E-state index is 14.6. The molecule has 0 aromatic heterocycles. The molecule has 1 saturated carbocycles. The van der Waals surface area contributed by atoms with Crippen LogP contribution in [0.3, 0.4) is 0 Å². The summed E-state index contributed by atoms with van der Waals surface area (Å²) in [7, 11) is 1.35. The highest BCUT2D eigenvalue weighted by Crippen LogP contribution is 2.53. The van der Waals surface area contributed by atoms with Crippen LogP contribution in [0, 0.1) is 24.4 Å². The van der Waals surface area contributed by atoms with Gasteiger partial charge >= 0.3 is 0 Å². The van der Waals surface area contributed by atoms with Crippen LogP contribution in [0.15, 0.2) is 24.3 Å². The molecule has 0 amide bonds. The summed E-state index contributed by atoms with van der Waals surface area (Å²) in [6.45, 7) is 11.4. The predicted octanol–water partition coefficient (Wildman–Crippen LogP) is 7.58. The number of nitrogens with one attached hydrogen (secondary N) is 2. The standard InChI is InChI=1S/C20H23F3N2O2S.2C2H6/c1-11-4-5-15(13(21)8-11)24-19-17(23)14(22)9-16(27-3)18(19)25-28-20(6-7-20)10-12(2)26;2*1-2/h4-5,8-9,12,24-26H,6-7,10H2,1-3H3;2*1-2H3. The summed E-state index contributed by atoms with van der Waals surface area (Å²) in [6.07, 6.45) is 1.91. The van der Waals surface area contributed by atoms with E-state index in [1.165, 1.54) is 31.2 Å². The topological polar surface area (TPSA) is 53.5 Å². The molecular weight excluding hydrogens is 437 g/mol. The van der Waals surface area contributed by atoms with E-state index < -0.39 is 23.6 Å². The summed E-state index contributed by atoms with van der Waals surface area (Å²) in [5.74, 6) is -2.72. The first-order valence-electron chi connectivity index (χ1n) is 11.0. The van der Waals surface area contributed by atoms with E-state index in [1.54, 1.807) is 19.9 Å². The lowest BCUT2D eigenvalue weighted by Crippen LogP contribution is -2.15. The van der Waals surface area contributed by atoms with Crippen molar-refractivity contribution in [2.75, 3.05) is 17.1 Å². The molecule has 0 aliphatic heterocycles. The van der Waals surface area contributed by atoms with E-state index in [1.807, 2.05) is 27.7 Å². The average molecular weight is 473 g/mol. The molecule has 0 saturated heterocycles. The lowest BCUT2D eigenvalue weighted by atomic mass is 10.2. The van der Waals surface area contributed by atoms with Gasteiger partial charge in [-0.2, -0.15) is 0 Å². The van der Waals surface area contributed by atoms with Gasteiger partial charge in [-0.1, -0.05) is 33.8 Å². The Kier molecular flexibility index (Phi) is 11.2. The molecule has 0 spiro atoms. The number of hydrogen-bond acceptors (Lipinski definition) is 5. The van der Waals surface area contributed by atoms with Gasteiger partial charge in [0.05, 0.1) is 18.9 Å². The SMILES string of the molecule is CC.CC.COc1cc(F)c(F)c(Nc2ccc(C)cc2F)c1NSC1(CC(C)O)CC1. The molecule has 3 N–H and O–H groups in total. The third-order valence-electron chi connectivity index (χ3n) is 4.63. The van der Waals surface area contributed by atoms with E-state index in [9.17, 15) is 18.3 Å². The van der Waals surface area contributed by atoms with E-state index >= 15 is 0 Å². The lowest BCUT2D eigenvalue weighted by Gasteiger charge is -2.22. The normalized spacial score (nSPS) is 14.2. The minimum Gasteiger partial charge on any atom is -0.494 e. The fraction of sp³-hybridized carbons (Fsp3) is 0.500. The number of aliphatic hydroxyl groups excluding tert-OH is 1. The highest BCUT2D eigenvalue weighted by atomic mass is 32.2. The zero-order valence-electron chi connectivity index (χ0n) is 19.9. The first-order valence-corrected chi connectivity index (χ1v) is 11.8. The van der Waals surface area contributed by atoms with Crippen LogP contribution in [0.4, 0.5) is 30.2 Å². The van der Waals surface area contributed by atoms with Gasteiger partial charge in [-0.15, -0.1) is 0 Å². The molecule has 1 aliphatic rings. The van der Waals surface area contributed by atoms with E-state index in [0.29, 0.717) is 12.0 Å². The van der Waals surface area contributed by atoms with Crippen molar-refractivity contribution in [3.8, 4) is 5.75 Å². The first-order chi connectivity index (χ1) is 15.2. The van der Waals surface area contributed by atoms with Crippen molar-refractivity contribution in [3.63, 3.8) is 0 Å². The molecule has 180 valence electrons. The van der Waals surface area contributed by atoms with Gasteiger partial charge in [0.25, 0.3) is 0 Å². The summed E-state index contributed by atoms with van der Waals surface area (Å²) in [5, 5.41) is 12.3. The Bertz CT molecular complexity index is 875. The molecular formula is C24H35F3N2O2S. The van der Waals surface area contributed by atoms with Crippen molar-refractivity contribution in [2.45, 2.75) is 71.7 Å². The number of benzene rings is 2. The van der Waals surface area contributed by atoms with E-state index in [0.717, 1.165) is 18.9 Å². The average Bonchev–Trinajstić information content (AvgIpc) is 3.53. The molecule has 2 aromatic carbocycles. The minimum atomic E-state index is -1.13. The fourth-order valence-corrected chi connectivity index (χ4v) is 4.18. The summed E-state index contributed by atoms with van der Waals surface area (Å²) < 4.78 is 51.0. The molecule has 1 unspecified atom stereocenters. The highest BCUT2D eigenvalue weighted by molar-refractivity contribution is 8.02. The molecule has 2 aromatic rings. The number of ether oxygens (including phenoxy) is 1. The van der Waals surface area contributed by atoms with E-state index in [-0.39, 0.29) is 27.6 Å². The number of hydrogen-bond donors (Lipinski definition) is 3. The number of rotatable bonds is 8. The quantitative estimate of drug-likeness (QED) is 0.346. The predicted molar refractivity (Wildman–Crippen MR) is 130 cm³/mol. The van der Waals surface area contributed by atoms with Crippen molar-refractivity contribution in [1.29, 1.82) is 0 Å². The molecule has 32 heavy (non-hydrogen) atoms. The second-order valence-corrected chi connectivity index (χ2v) is 8.45. The lowest BCUT2D eigenvalue weighted by molar-refractivity contribution is 0.181. The number of aryl methyl sites for hydroxylation is 1. The third kappa shape index (κ3) is 7.24. The van der Waals surface area contributed by atoms with Crippen LogP contribution in [0.5, 0.6) is 5.75 Å². The van der Waals surface area contributed by atoms with Crippen LogP contribution < -0.4 is 14.8 Å². The van der Waals surface area contributed by atoms with Crippen LogP contribution in [-0.4, -0.2) is 23.1 Å². The molecule has 8 heteroatoms. The summed E-state index contributed by atoms with van der Waals surface area (Å²) in [5.41, 5.74) is 0.682. The van der Waals surface area contributed by atoms with Gasteiger partial charge in [-0.05, 0) is 62.8 Å². The van der Waals surface area contributed by atoms with Crippen molar-refractivity contribution >= 4 is 29.0 Å². The third-order valence-corrected chi connectivity index (χ3v) is 5.95. The van der Waals surface area contributed by atoms with Gasteiger partial charge in [0, 0.05) is 10.8 Å². The Morgan fingerprint density at radius 2 is 1.69 bits per heavy atom. The fourth-order valence-electron chi connectivity index (χ4n) is 3.02. The smallest absolute Gasteiger partial charge is 0.184 e. The van der Waals surface area contributed by atoms with Gasteiger partial charge in [-0.25, -0.2) is 13.2 Å².